The molecule has 3 saturated heterocycles. The Kier molecular flexibility index (Phi) is 2.64. The number of carbonyl (C=O) groups is 1. The first-order valence-electron chi connectivity index (χ1n) is 6.45. The molecule has 0 saturated carbocycles. The fourth-order valence-corrected chi connectivity index (χ4v) is 3.52. The largest absolute Gasteiger partial charge is 0.368 e. The minimum absolute atomic E-state index is 0.155. The molecule has 4 heteroatoms. The Labute approximate surface area is 96.1 Å². The standard InChI is InChI=1S/C12H20N2O2/c13-8-6-9-3-4-10(7-8)14(9)12(15)11-2-1-5-16-11/h8-11H,1-7,13H2. The van der Waals surface area contributed by atoms with Crippen LogP contribution in [0.25, 0.3) is 0 Å². The van der Waals surface area contributed by atoms with Crippen LogP contribution in [0, 0.1) is 0 Å². The maximum atomic E-state index is 12.3. The van der Waals surface area contributed by atoms with Crippen LogP contribution in [0.1, 0.15) is 38.5 Å². The number of piperidine rings is 1. The van der Waals surface area contributed by atoms with Crippen molar-refractivity contribution in [3.8, 4) is 0 Å². The molecule has 0 aromatic heterocycles. The number of carbonyl (C=O) groups excluding carboxylic acids is 1. The maximum absolute atomic E-state index is 12.3. The number of rotatable bonds is 1. The van der Waals surface area contributed by atoms with Gasteiger partial charge in [0.25, 0.3) is 5.91 Å². The van der Waals surface area contributed by atoms with Gasteiger partial charge < -0.3 is 15.4 Å². The van der Waals surface area contributed by atoms with E-state index in [1.807, 2.05) is 0 Å². The maximum Gasteiger partial charge on any atom is 0.252 e. The molecule has 0 aliphatic carbocycles. The van der Waals surface area contributed by atoms with E-state index in [9.17, 15) is 4.79 Å². The molecule has 16 heavy (non-hydrogen) atoms. The smallest absolute Gasteiger partial charge is 0.252 e. The average Bonchev–Trinajstić information content (AvgIpc) is 2.85. The Morgan fingerprint density at radius 2 is 1.88 bits per heavy atom. The van der Waals surface area contributed by atoms with Crippen LogP contribution in [0.2, 0.25) is 0 Å². The van der Waals surface area contributed by atoms with E-state index in [2.05, 4.69) is 4.90 Å². The summed E-state index contributed by atoms with van der Waals surface area (Å²) < 4.78 is 5.50. The van der Waals surface area contributed by atoms with Gasteiger partial charge in [0.15, 0.2) is 0 Å². The molecule has 90 valence electrons. The summed E-state index contributed by atoms with van der Waals surface area (Å²) >= 11 is 0. The van der Waals surface area contributed by atoms with Gasteiger partial charge in [-0.2, -0.15) is 0 Å². The van der Waals surface area contributed by atoms with Gasteiger partial charge in [-0.1, -0.05) is 0 Å². The molecule has 1 amide bonds. The fourth-order valence-electron chi connectivity index (χ4n) is 3.52. The van der Waals surface area contributed by atoms with Crippen molar-refractivity contribution in [3.05, 3.63) is 0 Å². The monoisotopic (exact) mass is 224 g/mol. The quantitative estimate of drug-likeness (QED) is 0.711. The first-order valence-corrected chi connectivity index (χ1v) is 6.45. The van der Waals surface area contributed by atoms with E-state index in [0.717, 1.165) is 45.1 Å². The Morgan fingerprint density at radius 3 is 2.44 bits per heavy atom. The number of hydrogen-bond acceptors (Lipinski definition) is 3. The molecule has 4 nitrogen and oxygen atoms in total. The van der Waals surface area contributed by atoms with Gasteiger partial charge in [0.2, 0.25) is 0 Å². The van der Waals surface area contributed by atoms with Crippen LogP contribution in [0.4, 0.5) is 0 Å². The lowest BCUT2D eigenvalue weighted by Gasteiger charge is -2.38. The minimum atomic E-state index is -0.155. The van der Waals surface area contributed by atoms with E-state index in [4.69, 9.17) is 10.5 Å². The molecule has 0 spiro atoms. The third-order valence-corrected chi connectivity index (χ3v) is 4.23. The molecule has 3 aliphatic rings. The molecule has 0 aromatic carbocycles. The highest BCUT2D eigenvalue weighted by atomic mass is 16.5. The molecule has 0 radical (unpaired) electrons. The van der Waals surface area contributed by atoms with Gasteiger partial charge in [-0.25, -0.2) is 0 Å². The molecule has 3 heterocycles. The van der Waals surface area contributed by atoms with Gasteiger partial charge in [0.05, 0.1) is 0 Å². The summed E-state index contributed by atoms with van der Waals surface area (Å²) in [4.78, 5) is 14.4. The molecule has 0 aromatic rings. The second-order valence-electron chi connectivity index (χ2n) is 5.36. The van der Waals surface area contributed by atoms with Crippen molar-refractivity contribution in [2.24, 2.45) is 5.73 Å². The van der Waals surface area contributed by atoms with Crippen LogP contribution in [0.15, 0.2) is 0 Å². The summed E-state index contributed by atoms with van der Waals surface area (Å²) in [5.41, 5.74) is 6.00. The van der Waals surface area contributed by atoms with Crippen LogP contribution in [0.3, 0.4) is 0 Å². The van der Waals surface area contributed by atoms with Crippen molar-refractivity contribution >= 4 is 5.91 Å². The highest BCUT2D eigenvalue weighted by Gasteiger charge is 2.44. The van der Waals surface area contributed by atoms with E-state index in [-0.39, 0.29) is 12.0 Å². The van der Waals surface area contributed by atoms with Crippen molar-refractivity contribution in [3.63, 3.8) is 0 Å². The fraction of sp³-hybridized carbons (Fsp3) is 0.917. The number of amides is 1. The Morgan fingerprint density at radius 1 is 1.19 bits per heavy atom. The first kappa shape index (κ1) is 10.5. The average molecular weight is 224 g/mol. The number of fused-ring (bicyclic) bond motifs is 2. The normalized spacial score (nSPS) is 42.7. The summed E-state index contributed by atoms with van der Waals surface area (Å²) in [5, 5.41) is 0. The first-order chi connectivity index (χ1) is 7.75. The van der Waals surface area contributed by atoms with Crippen LogP contribution in [-0.2, 0) is 9.53 Å². The molecule has 3 unspecified atom stereocenters. The lowest BCUT2D eigenvalue weighted by atomic mass is 9.97. The SMILES string of the molecule is NC1CC2CCC(C1)N2C(=O)C1CCCO1. The Hall–Kier alpha value is -0.610. The van der Waals surface area contributed by atoms with E-state index >= 15 is 0 Å². The van der Waals surface area contributed by atoms with Gasteiger partial charge in [-0.05, 0) is 38.5 Å². The molecular weight excluding hydrogens is 204 g/mol. The predicted octanol–water partition coefficient (Wildman–Crippen LogP) is 0.646. The van der Waals surface area contributed by atoms with Gasteiger partial charge in [-0.3, -0.25) is 4.79 Å². The van der Waals surface area contributed by atoms with E-state index in [1.54, 1.807) is 0 Å². The molecular formula is C12H20N2O2. The zero-order valence-electron chi connectivity index (χ0n) is 9.60. The summed E-state index contributed by atoms with van der Waals surface area (Å²) in [7, 11) is 0. The number of nitrogens with two attached hydrogens (primary N) is 1. The Bertz CT molecular complexity index is 275. The minimum Gasteiger partial charge on any atom is -0.368 e. The van der Waals surface area contributed by atoms with Crippen LogP contribution in [-0.4, -0.2) is 41.6 Å². The zero-order chi connectivity index (χ0) is 11.1. The number of ether oxygens (including phenoxy) is 1. The van der Waals surface area contributed by atoms with Crippen molar-refractivity contribution < 1.29 is 9.53 Å². The second-order valence-corrected chi connectivity index (χ2v) is 5.36. The molecule has 2 bridgehead atoms. The van der Waals surface area contributed by atoms with E-state index in [1.165, 1.54) is 0 Å². The van der Waals surface area contributed by atoms with Crippen LogP contribution < -0.4 is 5.73 Å². The summed E-state index contributed by atoms with van der Waals surface area (Å²) in [6, 6.07) is 1.09. The Balaban J connectivity index is 1.72. The van der Waals surface area contributed by atoms with E-state index in [0.29, 0.717) is 18.1 Å². The van der Waals surface area contributed by atoms with Gasteiger partial charge >= 0.3 is 0 Å². The van der Waals surface area contributed by atoms with Crippen molar-refractivity contribution in [2.45, 2.75) is 62.8 Å². The predicted molar refractivity (Wildman–Crippen MR) is 59.8 cm³/mol. The molecule has 3 atom stereocenters. The lowest BCUT2D eigenvalue weighted by Crippen LogP contribution is -2.53. The molecule has 3 fully saturated rings. The van der Waals surface area contributed by atoms with Gasteiger partial charge in [0, 0.05) is 24.7 Å². The van der Waals surface area contributed by atoms with Gasteiger partial charge in [0.1, 0.15) is 6.10 Å². The number of hydrogen-bond donors (Lipinski definition) is 1. The van der Waals surface area contributed by atoms with Crippen LogP contribution in [0.5, 0.6) is 0 Å². The highest BCUT2D eigenvalue weighted by molar-refractivity contribution is 5.82. The second kappa shape index (κ2) is 4.00. The highest BCUT2D eigenvalue weighted by Crippen LogP contribution is 2.36. The summed E-state index contributed by atoms with van der Waals surface area (Å²) in [6.07, 6.45) is 6.01. The van der Waals surface area contributed by atoms with Crippen molar-refractivity contribution in [1.29, 1.82) is 0 Å². The molecule has 3 aliphatic heterocycles. The third-order valence-electron chi connectivity index (χ3n) is 4.23. The van der Waals surface area contributed by atoms with Crippen LogP contribution >= 0.6 is 0 Å². The van der Waals surface area contributed by atoms with Crippen molar-refractivity contribution in [1.82, 2.24) is 4.90 Å². The molecule has 2 N–H and O–H groups in total. The summed E-state index contributed by atoms with van der Waals surface area (Å²) in [5.74, 6) is 0.233. The lowest BCUT2D eigenvalue weighted by molar-refractivity contribution is -0.145. The van der Waals surface area contributed by atoms with Gasteiger partial charge in [-0.15, -0.1) is 0 Å². The molecule has 3 rings (SSSR count). The van der Waals surface area contributed by atoms with Crippen molar-refractivity contribution in [2.75, 3.05) is 6.61 Å². The van der Waals surface area contributed by atoms with E-state index < -0.39 is 0 Å². The number of nitrogens with zero attached hydrogens (tertiary/aromatic N) is 1. The zero-order valence-corrected chi connectivity index (χ0v) is 9.60. The topological polar surface area (TPSA) is 55.6 Å². The summed E-state index contributed by atoms with van der Waals surface area (Å²) in [6.45, 7) is 0.749. The third kappa shape index (κ3) is 1.64.